The van der Waals surface area contributed by atoms with Gasteiger partial charge in [0.25, 0.3) is 0 Å². The Morgan fingerprint density at radius 1 is 0.500 bits per heavy atom. The Hall–Kier alpha value is -7.73. The number of rotatable bonds is 5. The summed E-state index contributed by atoms with van der Waals surface area (Å²) in [7, 11) is 0. The normalized spacial score (nSPS) is 11.3. The summed E-state index contributed by atoms with van der Waals surface area (Å²) in [5.74, 6) is 0. The van der Waals surface area contributed by atoms with Crippen molar-refractivity contribution < 1.29 is 0 Å². The second-order valence-electron chi connectivity index (χ2n) is 13.3. The van der Waals surface area contributed by atoms with Gasteiger partial charge in [-0.05, 0) is 47.5 Å². The smallest absolute Gasteiger partial charge is 0.221 e. The summed E-state index contributed by atoms with van der Waals surface area (Å²) in [5, 5.41) is 15.4. The van der Waals surface area contributed by atoms with Crippen LogP contribution >= 0.6 is 0 Å². The van der Waals surface area contributed by atoms with Gasteiger partial charge in [-0.2, -0.15) is 5.26 Å². The highest BCUT2D eigenvalue weighted by molar-refractivity contribution is 6.26. The van der Waals surface area contributed by atoms with Gasteiger partial charge in [0.05, 0.1) is 45.6 Å². The van der Waals surface area contributed by atoms with Crippen molar-refractivity contribution in [2.45, 2.75) is 0 Å². The highest BCUT2D eigenvalue weighted by Gasteiger charge is 2.27. The highest BCUT2D eigenvalue weighted by Crippen LogP contribution is 2.48. The number of pyridine rings is 1. The Kier molecular flexibility index (Phi) is 7.18. The molecular weight excluding hydrogens is 659 g/mol. The van der Waals surface area contributed by atoms with Crippen molar-refractivity contribution in [3.8, 4) is 51.1 Å². The Balaban J connectivity index is 1.42. The molecule has 0 bridgehead atoms. The topological polar surface area (TPSA) is 50.9 Å². The Morgan fingerprint density at radius 3 is 1.69 bits per heavy atom. The Bertz CT molecular complexity index is 3150. The average molecular weight is 688 g/mol. The van der Waals surface area contributed by atoms with Gasteiger partial charge in [0.15, 0.2) is 0 Å². The molecule has 250 valence electrons. The van der Waals surface area contributed by atoms with Crippen molar-refractivity contribution in [3.05, 3.63) is 193 Å². The summed E-state index contributed by atoms with van der Waals surface area (Å²) in [4.78, 5) is 9.34. The van der Waals surface area contributed by atoms with E-state index in [0.717, 1.165) is 66.3 Å². The number of hydrogen-bond acceptors (Lipinski definition) is 2. The van der Waals surface area contributed by atoms with Crippen LogP contribution in [0, 0.1) is 17.9 Å². The fraction of sp³-hybridized carbons (Fsp3) is 0. The molecule has 0 saturated carbocycles. The zero-order valence-electron chi connectivity index (χ0n) is 29.0. The maximum atomic E-state index is 11.1. The molecule has 0 fully saturated rings. The molecule has 10 rings (SSSR count). The highest BCUT2D eigenvalue weighted by atomic mass is 15.0. The van der Waals surface area contributed by atoms with Crippen LogP contribution in [0.5, 0.6) is 0 Å². The second kappa shape index (κ2) is 12.5. The summed E-state index contributed by atoms with van der Waals surface area (Å²) >= 11 is 0. The molecule has 5 nitrogen and oxygen atoms in total. The van der Waals surface area contributed by atoms with E-state index >= 15 is 0 Å². The van der Waals surface area contributed by atoms with Crippen molar-refractivity contribution in [1.82, 2.24) is 14.1 Å². The van der Waals surface area contributed by atoms with Crippen molar-refractivity contribution in [1.29, 1.82) is 5.26 Å². The van der Waals surface area contributed by atoms with Crippen LogP contribution in [0.4, 0.5) is 5.69 Å². The van der Waals surface area contributed by atoms with Gasteiger partial charge in [0, 0.05) is 44.0 Å². The zero-order chi connectivity index (χ0) is 36.2. The number of hydrogen-bond donors (Lipinski definition) is 0. The predicted octanol–water partition coefficient (Wildman–Crippen LogP) is 12.7. The summed E-state index contributed by atoms with van der Waals surface area (Å²) in [6.07, 6.45) is 0. The van der Waals surface area contributed by atoms with E-state index in [1.54, 1.807) is 0 Å². The summed E-state index contributed by atoms with van der Waals surface area (Å²) in [5.41, 5.74) is 11.2. The van der Waals surface area contributed by atoms with Gasteiger partial charge in [-0.1, -0.05) is 140 Å². The van der Waals surface area contributed by atoms with E-state index in [0.29, 0.717) is 28.2 Å². The molecule has 3 aromatic heterocycles. The van der Waals surface area contributed by atoms with E-state index in [-0.39, 0.29) is 0 Å². The van der Waals surface area contributed by atoms with E-state index in [1.807, 2.05) is 72.8 Å². The van der Waals surface area contributed by atoms with Crippen LogP contribution in [-0.4, -0.2) is 14.1 Å². The molecule has 0 atom stereocenters. The third kappa shape index (κ3) is 4.60. The van der Waals surface area contributed by atoms with Gasteiger partial charge in [-0.15, -0.1) is 0 Å². The number of benzene rings is 7. The van der Waals surface area contributed by atoms with E-state index in [4.69, 9.17) is 11.6 Å². The first-order chi connectivity index (χ1) is 26.8. The van der Waals surface area contributed by atoms with Crippen molar-refractivity contribution in [3.63, 3.8) is 0 Å². The first-order valence-corrected chi connectivity index (χ1v) is 17.8. The molecular formula is C49H29N5. The largest absolute Gasteiger partial charge is 0.307 e. The summed E-state index contributed by atoms with van der Waals surface area (Å²) < 4.78 is 4.72. The average Bonchev–Trinajstić information content (AvgIpc) is 3.77. The lowest BCUT2D eigenvalue weighted by Gasteiger charge is -2.17. The van der Waals surface area contributed by atoms with Crippen LogP contribution in [0.3, 0.4) is 0 Å². The Morgan fingerprint density at radius 2 is 1.04 bits per heavy atom. The molecule has 0 saturated heterocycles. The molecule has 7 aromatic carbocycles. The quantitative estimate of drug-likeness (QED) is 0.169. The van der Waals surface area contributed by atoms with Crippen LogP contribution in [-0.2, 0) is 0 Å². The maximum absolute atomic E-state index is 11.1. The fourth-order valence-electron chi connectivity index (χ4n) is 8.16. The molecule has 0 aliphatic rings. The molecule has 0 aliphatic heterocycles. The van der Waals surface area contributed by atoms with Gasteiger partial charge in [0.1, 0.15) is 6.07 Å². The molecule has 0 unspecified atom stereocenters. The minimum Gasteiger partial charge on any atom is -0.307 e. The van der Waals surface area contributed by atoms with E-state index in [2.05, 4.69) is 123 Å². The van der Waals surface area contributed by atoms with Crippen LogP contribution in [0.2, 0.25) is 0 Å². The minimum absolute atomic E-state index is 0.362. The number of aromatic nitrogens is 3. The van der Waals surface area contributed by atoms with Crippen LogP contribution < -0.4 is 0 Å². The lowest BCUT2D eigenvalue weighted by Crippen LogP contribution is -1.99. The van der Waals surface area contributed by atoms with Crippen molar-refractivity contribution in [2.75, 3.05) is 0 Å². The molecule has 0 aliphatic carbocycles. The molecule has 10 aromatic rings. The SMILES string of the molecule is [C-]#[N+]c1c(-c2ccccc2)nc(-c2cccc3c2c2ccc4c5ccccc5n(-c5ccccc5)c4c2n3-c2ccccc2)c(C#N)c1-c1ccccc1. The standard InChI is InChI=1S/C49H29N5/c1-51-47-43(32-17-6-2-7-18-32)40(31-50)46(52-45(47)33-19-8-3-9-20-33)38-26-16-28-42-44(38)39-30-29-37-36-25-14-15-27-41(36)53(34-21-10-4-11-22-34)48(37)49(39)54(42)35-23-12-5-13-24-35/h2-30H. The van der Waals surface area contributed by atoms with E-state index in [9.17, 15) is 5.26 Å². The van der Waals surface area contributed by atoms with Crippen molar-refractivity contribution in [2.24, 2.45) is 0 Å². The summed E-state index contributed by atoms with van der Waals surface area (Å²) in [6, 6.07) is 62.4. The number of fused-ring (bicyclic) bond motifs is 7. The molecule has 0 amide bonds. The Labute approximate surface area is 311 Å². The molecule has 54 heavy (non-hydrogen) atoms. The fourth-order valence-corrected chi connectivity index (χ4v) is 8.16. The molecule has 0 radical (unpaired) electrons. The van der Waals surface area contributed by atoms with Gasteiger partial charge in [0.2, 0.25) is 5.69 Å². The third-order valence-electron chi connectivity index (χ3n) is 10.4. The monoisotopic (exact) mass is 687 g/mol. The van der Waals surface area contributed by atoms with Gasteiger partial charge in [-0.3, -0.25) is 4.98 Å². The minimum atomic E-state index is 0.362. The maximum Gasteiger partial charge on any atom is 0.221 e. The first kappa shape index (κ1) is 31.0. The zero-order valence-corrected chi connectivity index (χ0v) is 29.0. The number of nitrogens with zero attached hydrogens (tertiary/aromatic N) is 5. The molecule has 3 heterocycles. The number of para-hydroxylation sites is 3. The molecule has 0 spiro atoms. The third-order valence-corrected chi connectivity index (χ3v) is 10.4. The van der Waals surface area contributed by atoms with Crippen LogP contribution in [0.25, 0.3) is 93.5 Å². The predicted molar refractivity (Wildman–Crippen MR) is 220 cm³/mol. The molecule has 0 N–H and O–H groups in total. The van der Waals surface area contributed by atoms with Crippen LogP contribution in [0.15, 0.2) is 176 Å². The van der Waals surface area contributed by atoms with E-state index < -0.39 is 0 Å². The second-order valence-corrected chi connectivity index (χ2v) is 13.3. The van der Waals surface area contributed by atoms with Crippen molar-refractivity contribution >= 4 is 49.3 Å². The van der Waals surface area contributed by atoms with E-state index in [1.165, 1.54) is 5.39 Å². The lowest BCUT2D eigenvalue weighted by atomic mass is 9.91. The van der Waals surface area contributed by atoms with Gasteiger partial charge < -0.3 is 9.13 Å². The first-order valence-electron chi connectivity index (χ1n) is 17.8. The summed E-state index contributed by atoms with van der Waals surface area (Å²) in [6.45, 7) is 8.39. The van der Waals surface area contributed by atoms with Gasteiger partial charge in [-0.25, -0.2) is 4.85 Å². The molecule has 5 heteroatoms. The lowest BCUT2D eigenvalue weighted by molar-refractivity contribution is 1.15. The van der Waals surface area contributed by atoms with Crippen LogP contribution in [0.1, 0.15) is 5.56 Å². The van der Waals surface area contributed by atoms with Gasteiger partial charge >= 0.3 is 0 Å². The number of nitriles is 1.